The summed E-state index contributed by atoms with van der Waals surface area (Å²) in [6.07, 6.45) is 9.36. The van der Waals surface area contributed by atoms with Gasteiger partial charge in [-0.1, -0.05) is 0 Å². The standard InChI is InChI=1S/C16H25N3O/c1-2-9-19(10-3-1)16-7-6-15(13-17-16)18-14-5-4-11-20-12-8-14/h6-7,13-14,18H,1-5,8-12H2. The molecule has 1 N–H and O–H groups in total. The van der Waals surface area contributed by atoms with Gasteiger partial charge in [0.25, 0.3) is 0 Å². The topological polar surface area (TPSA) is 37.4 Å². The fourth-order valence-corrected chi connectivity index (χ4v) is 3.07. The van der Waals surface area contributed by atoms with Gasteiger partial charge in [-0.3, -0.25) is 0 Å². The molecule has 20 heavy (non-hydrogen) atoms. The summed E-state index contributed by atoms with van der Waals surface area (Å²) in [6.45, 7) is 4.08. The molecule has 2 aliphatic heterocycles. The second-order valence-corrected chi connectivity index (χ2v) is 5.84. The van der Waals surface area contributed by atoms with E-state index in [1.807, 2.05) is 6.20 Å². The van der Waals surface area contributed by atoms with Crippen LogP contribution in [0.3, 0.4) is 0 Å². The first-order chi connectivity index (χ1) is 9.92. The molecule has 0 radical (unpaired) electrons. The Morgan fingerprint density at radius 1 is 1.05 bits per heavy atom. The number of nitrogens with zero attached hydrogens (tertiary/aromatic N) is 2. The maximum atomic E-state index is 5.50. The SMILES string of the molecule is c1cc(N2CCCCC2)ncc1NC1CCCOCC1. The van der Waals surface area contributed by atoms with Crippen molar-refractivity contribution in [2.75, 3.05) is 36.5 Å². The zero-order chi connectivity index (χ0) is 13.6. The predicted molar refractivity (Wildman–Crippen MR) is 82.4 cm³/mol. The third kappa shape index (κ3) is 3.63. The molecule has 2 saturated heterocycles. The quantitative estimate of drug-likeness (QED) is 0.920. The van der Waals surface area contributed by atoms with Crippen molar-refractivity contribution in [3.05, 3.63) is 18.3 Å². The molecule has 0 amide bonds. The van der Waals surface area contributed by atoms with Crippen LogP contribution in [0.15, 0.2) is 18.3 Å². The van der Waals surface area contributed by atoms with Crippen LogP contribution in [0.2, 0.25) is 0 Å². The molecule has 0 aliphatic carbocycles. The molecule has 4 heteroatoms. The molecular formula is C16H25N3O. The number of aromatic nitrogens is 1. The minimum absolute atomic E-state index is 0.528. The van der Waals surface area contributed by atoms with E-state index in [-0.39, 0.29) is 0 Å². The van der Waals surface area contributed by atoms with Crippen molar-refractivity contribution in [1.29, 1.82) is 0 Å². The van der Waals surface area contributed by atoms with Gasteiger partial charge in [-0.25, -0.2) is 4.98 Å². The Balaban J connectivity index is 1.57. The summed E-state index contributed by atoms with van der Waals surface area (Å²) in [5, 5.41) is 3.59. The van der Waals surface area contributed by atoms with E-state index in [2.05, 4.69) is 27.3 Å². The van der Waals surface area contributed by atoms with Gasteiger partial charge in [0.1, 0.15) is 5.82 Å². The first kappa shape index (κ1) is 13.7. The Bertz CT molecular complexity index is 393. The number of hydrogen-bond donors (Lipinski definition) is 1. The normalized spacial score (nSPS) is 24.2. The second-order valence-electron chi connectivity index (χ2n) is 5.84. The summed E-state index contributed by atoms with van der Waals surface area (Å²) in [4.78, 5) is 7.02. The van der Waals surface area contributed by atoms with Crippen molar-refractivity contribution in [2.45, 2.75) is 44.6 Å². The van der Waals surface area contributed by atoms with Crippen LogP contribution in [0, 0.1) is 0 Å². The molecule has 4 nitrogen and oxygen atoms in total. The third-order valence-electron chi connectivity index (χ3n) is 4.25. The van der Waals surface area contributed by atoms with Gasteiger partial charge in [-0.2, -0.15) is 0 Å². The Morgan fingerprint density at radius 2 is 1.95 bits per heavy atom. The highest BCUT2D eigenvalue weighted by Gasteiger charge is 2.14. The average Bonchev–Trinajstić information content (AvgIpc) is 2.78. The van der Waals surface area contributed by atoms with Crippen LogP contribution in [-0.2, 0) is 4.74 Å². The van der Waals surface area contributed by atoms with Crippen molar-refractivity contribution in [1.82, 2.24) is 4.98 Å². The van der Waals surface area contributed by atoms with Gasteiger partial charge >= 0.3 is 0 Å². The molecule has 1 aromatic rings. The maximum Gasteiger partial charge on any atom is 0.128 e. The molecule has 0 spiro atoms. The number of nitrogens with one attached hydrogen (secondary N) is 1. The molecule has 1 atom stereocenters. The van der Waals surface area contributed by atoms with E-state index in [9.17, 15) is 0 Å². The Hall–Kier alpha value is -1.29. The van der Waals surface area contributed by atoms with E-state index < -0.39 is 0 Å². The molecule has 3 heterocycles. The predicted octanol–water partition coefficient (Wildman–Crippen LogP) is 3.05. The lowest BCUT2D eigenvalue weighted by Crippen LogP contribution is -2.30. The number of piperidine rings is 1. The zero-order valence-corrected chi connectivity index (χ0v) is 12.2. The Morgan fingerprint density at radius 3 is 2.75 bits per heavy atom. The van der Waals surface area contributed by atoms with E-state index in [1.54, 1.807) is 0 Å². The fraction of sp³-hybridized carbons (Fsp3) is 0.688. The summed E-state index contributed by atoms with van der Waals surface area (Å²) in [5.74, 6) is 1.12. The van der Waals surface area contributed by atoms with Crippen molar-refractivity contribution >= 4 is 11.5 Å². The van der Waals surface area contributed by atoms with E-state index in [0.717, 1.165) is 50.7 Å². The minimum Gasteiger partial charge on any atom is -0.381 e. The van der Waals surface area contributed by atoms with Crippen LogP contribution in [0.4, 0.5) is 11.5 Å². The van der Waals surface area contributed by atoms with Crippen molar-refractivity contribution < 1.29 is 4.74 Å². The van der Waals surface area contributed by atoms with Crippen LogP contribution < -0.4 is 10.2 Å². The van der Waals surface area contributed by atoms with Gasteiger partial charge in [0.2, 0.25) is 0 Å². The molecule has 1 unspecified atom stereocenters. The molecule has 0 aromatic carbocycles. The average molecular weight is 275 g/mol. The third-order valence-corrected chi connectivity index (χ3v) is 4.25. The zero-order valence-electron chi connectivity index (χ0n) is 12.2. The van der Waals surface area contributed by atoms with E-state index in [1.165, 1.54) is 25.7 Å². The lowest BCUT2D eigenvalue weighted by molar-refractivity contribution is 0.144. The van der Waals surface area contributed by atoms with Gasteiger partial charge < -0.3 is 15.0 Å². The molecule has 1 aromatic heterocycles. The number of ether oxygens (including phenoxy) is 1. The summed E-state index contributed by atoms with van der Waals surface area (Å²) in [5.41, 5.74) is 1.14. The summed E-state index contributed by atoms with van der Waals surface area (Å²) in [7, 11) is 0. The molecular weight excluding hydrogens is 250 g/mol. The lowest BCUT2D eigenvalue weighted by atomic mass is 10.1. The Labute approximate surface area is 121 Å². The van der Waals surface area contributed by atoms with Gasteiger partial charge in [-0.05, 0) is 50.7 Å². The number of hydrogen-bond acceptors (Lipinski definition) is 4. The largest absolute Gasteiger partial charge is 0.381 e. The summed E-state index contributed by atoms with van der Waals surface area (Å²) < 4.78 is 5.50. The van der Waals surface area contributed by atoms with Gasteiger partial charge in [-0.15, -0.1) is 0 Å². The monoisotopic (exact) mass is 275 g/mol. The first-order valence-corrected chi connectivity index (χ1v) is 7.97. The Kier molecular flexibility index (Phi) is 4.74. The number of rotatable bonds is 3. The summed E-state index contributed by atoms with van der Waals surface area (Å²) >= 11 is 0. The molecule has 110 valence electrons. The van der Waals surface area contributed by atoms with Gasteiger partial charge in [0, 0.05) is 32.3 Å². The molecule has 2 aliphatic rings. The van der Waals surface area contributed by atoms with Crippen LogP contribution in [0.25, 0.3) is 0 Å². The highest BCUT2D eigenvalue weighted by atomic mass is 16.5. The van der Waals surface area contributed by atoms with Crippen molar-refractivity contribution in [3.63, 3.8) is 0 Å². The minimum atomic E-state index is 0.528. The molecule has 0 saturated carbocycles. The molecule has 0 bridgehead atoms. The molecule has 3 rings (SSSR count). The van der Waals surface area contributed by atoms with Crippen LogP contribution in [0.5, 0.6) is 0 Å². The van der Waals surface area contributed by atoms with E-state index in [0.29, 0.717) is 6.04 Å². The molecule has 2 fully saturated rings. The highest BCUT2D eigenvalue weighted by Crippen LogP contribution is 2.20. The van der Waals surface area contributed by atoms with Gasteiger partial charge in [0.15, 0.2) is 0 Å². The van der Waals surface area contributed by atoms with Crippen LogP contribution in [-0.4, -0.2) is 37.3 Å². The van der Waals surface area contributed by atoms with Crippen molar-refractivity contribution in [3.8, 4) is 0 Å². The lowest BCUT2D eigenvalue weighted by Gasteiger charge is -2.28. The maximum absolute atomic E-state index is 5.50. The van der Waals surface area contributed by atoms with E-state index >= 15 is 0 Å². The van der Waals surface area contributed by atoms with Crippen LogP contribution in [0.1, 0.15) is 38.5 Å². The second kappa shape index (κ2) is 6.93. The van der Waals surface area contributed by atoms with Crippen molar-refractivity contribution in [2.24, 2.45) is 0 Å². The first-order valence-electron chi connectivity index (χ1n) is 7.97. The number of pyridine rings is 1. The smallest absolute Gasteiger partial charge is 0.128 e. The van der Waals surface area contributed by atoms with Gasteiger partial charge in [0.05, 0.1) is 11.9 Å². The fourth-order valence-electron chi connectivity index (χ4n) is 3.07. The van der Waals surface area contributed by atoms with E-state index in [4.69, 9.17) is 4.74 Å². The summed E-state index contributed by atoms with van der Waals surface area (Å²) in [6, 6.07) is 4.85. The highest BCUT2D eigenvalue weighted by molar-refractivity contribution is 5.49. The van der Waals surface area contributed by atoms with Crippen LogP contribution >= 0.6 is 0 Å². The number of anilines is 2.